The molecular weight excluding hydrogens is 260 g/mol. The van der Waals surface area contributed by atoms with Gasteiger partial charge in [0.1, 0.15) is 11.6 Å². The van der Waals surface area contributed by atoms with Crippen molar-refractivity contribution >= 4 is 5.69 Å². The van der Waals surface area contributed by atoms with Crippen LogP contribution in [0.25, 0.3) is 0 Å². The van der Waals surface area contributed by atoms with E-state index < -0.39 is 17.7 Å². The molecule has 0 amide bonds. The molecule has 2 N–H and O–H groups in total. The fraction of sp³-hybridized carbons (Fsp3) is 0.250. The third-order valence-electron chi connectivity index (χ3n) is 3.21. The molecule has 2 rings (SSSR count). The van der Waals surface area contributed by atoms with Gasteiger partial charge < -0.3 is 10.4 Å². The van der Waals surface area contributed by atoms with Crippen molar-refractivity contribution in [1.82, 2.24) is 0 Å². The Labute approximate surface area is 117 Å². The highest BCUT2D eigenvalue weighted by molar-refractivity contribution is 5.53. The lowest BCUT2D eigenvalue weighted by Gasteiger charge is -2.20. The molecule has 0 aliphatic rings. The molecule has 20 heavy (non-hydrogen) atoms. The molecule has 4 heteroatoms. The molecule has 2 nitrogen and oxygen atoms in total. The van der Waals surface area contributed by atoms with Crippen molar-refractivity contribution in [1.29, 1.82) is 0 Å². The summed E-state index contributed by atoms with van der Waals surface area (Å²) in [7, 11) is 0. The average Bonchev–Trinajstić information content (AvgIpc) is 2.38. The maximum Gasteiger partial charge on any atom is 0.131 e. The average molecular weight is 277 g/mol. The molecule has 2 unspecified atom stereocenters. The molecule has 2 aromatic rings. The van der Waals surface area contributed by atoms with Crippen LogP contribution < -0.4 is 5.32 Å². The molecule has 0 fully saturated rings. The Morgan fingerprint density at radius 3 is 2.35 bits per heavy atom. The van der Waals surface area contributed by atoms with E-state index in [4.69, 9.17) is 0 Å². The summed E-state index contributed by atoms with van der Waals surface area (Å²) in [6, 6.07) is 10.5. The summed E-state index contributed by atoms with van der Waals surface area (Å²) in [5.41, 5.74) is 1.85. The number of aliphatic hydroxyl groups is 1. The number of aliphatic hydroxyl groups excluding tert-OH is 1. The molecule has 0 saturated heterocycles. The lowest BCUT2D eigenvalue weighted by molar-refractivity contribution is 0.200. The topological polar surface area (TPSA) is 32.3 Å². The Balaban J connectivity index is 2.26. The molecular formula is C16H17F2NO. The fourth-order valence-corrected chi connectivity index (χ4v) is 2.16. The zero-order chi connectivity index (χ0) is 14.7. The summed E-state index contributed by atoms with van der Waals surface area (Å²) < 4.78 is 26.6. The Bertz CT molecular complexity index is 599. The zero-order valence-electron chi connectivity index (χ0n) is 11.4. The number of hydrogen-bond acceptors (Lipinski definition) is 2. The van der Waals surface area contributed by atoms with E-state index in [1.54, 1.807) is 19.9 Å². The van der Waals surface area contributed by atoms with Crippen LogP contribution in [0.5, 0.6) is 0 Å². The highest BCUT2D eigenvalue weighted by Gasteiger charge is 2.14. The van der Waals surface area contributed by atoms with Gasteiger partial charge >= 0.3 is 0 Å². The second-order valence-corrected chi connectivity index (χ2v) is 4.80. The van der Waals surface area contributed by atoms with Gasteiger partial charge in [-0.25, -0.2) is 8.78 Å². The van der Waals surface area contributed by atoms with Crippen LogP contribution in [0.3, 0.4) is 0 Å². The predicted octanol–water partition coefficient (Wildman–Crippen LogP) is 4.19. The lowest BCUT2D eigenvalue weighted by Crippen LogP contribution is -2.11. The Hall–Kier alpha value is -1.94. The normalized spacial score (nSPS) is 13.8. The summed E-state index contributed by atoms with van der Waals surface area (Å²) in [5, 5.41) is 12.9. The second-order valence-electron chi connectivity index (χ2n) is 4.80. The molecule has 0 bridgehead atoms. The Morgan fingerprint density at radius 2 is 1.70 bits per heavy atom. The molecule has 0 spiro atoms. The monoisotopic (exact) mass is 277 g/mol. The minimum Gasteiger partial charge on any atom is -0.389 e. The number of benzene rings is 2. The number of anilines is 1. The van der Waals surface area contributed by atoms with Crippen LogP contribution in [-0.4, -0.2) is 5.11 Å². The molecule has 0 aromatic heterocycles. The summed E-state index contributed by atoms with van der Waals surface area (Å²) in [5.74, 6) is -1.18. The van der Waals surface area contributed by atoms with Gasteiger partial charge in [0.15, 0.2) is 0 Å². The maximum atomic E-state index is 13.7. The van der Waals surface area contributed by atoms with Crippen LogP contribution in [0.2, 0.25) is 0 Å². The van der Waals surface area contributed by atoms with Gasteiger partial charge in [0, 0.05) is 22.9 Å². The number of rotatable bonds is 4. The number of para-hydroxylation sites is 1. The minimum atomic E-state index is -0.621. The fourth-order valence-electron chi connectivity index (χ4n) is 2.16. The first kappa shape index (κ1) is 14.5. The number of nitrogens with one attached hydrogen (secondary N) is 1. The van der Waals surface area contributed by atoms with Gasteiger partial charge in [-0.1, -0.05) is 24.3 Å². The van der Waals surface area contributed by atoms with Crippen LogP contribution in [0.15, 0.2) is 42.5 Å². The van der Waals surface area contributed by atoms with Crippen molar-refractivity contribution in [3.8, 4) is 0 Å². The lowest BCUT2D eigenvalue weighted by atomic mass is 10.0. The van der Waals surface area contributed by atoms with E-state index in [1.165, 1.54) is 12.1 Å². The van der Waals surface area contributed by atoms with Crippen molar-refractivity contribution in [2.75, 3.05) is 5.32 Å². The van der Waals surface area contributed by atoms with Crippen LogP contribution in [0.1, 0.15) is 37.1 Å². The van der Waals surface area contributed by atoms with Gasteiger partial charge in [-0.05, 0) is 26.0 Å². The molecule has 0 aliphatic carbocycles. The van der Waals surface area contributed by atoms with E-state index in [0.717, 1.165) is 17.3 Å². The first-order chi connectivity index (χ1) is 9.49. The van der Waals surface area contributed by atoms with Crippen LogP contribution >= 0.6 is 0 Å². The summed E-state index contributed by atoms with van der Waals surface area (Å²) in [4.78, 5) is 0. The quantitative estimate of drug-likeness (QED) is 0.878. The van der Waals surface area contributed by atoms with Crippen LogP contribution in [-0.2, 0) is 0 Å². The minimum absolute atomic E-state index is 0.338. The van der Waals surface area contributed by atoms with Crippen molar-refractivity contribution in [3.63, 3.8) is 0 Å². The Morgan fingerprint density at radius 1 is 1.00 bits per heavy atom. The van der Waals surface area contributed by atoms with E-state index in [9.17, 15) is 13.9 Å². The smallest absolute Gasteiger partial charge is 0.131 e. The molecule has 2 aromatic carbocycles. The van der Waals surface area contributed by atoms with Gasteiger partial charge in [0.25, 0.3) is 0 Å². The summed E-state index contributed by atoms with van der Waals surface area (Å²) in [6.45, 7) is 3.46. The first-order valence-electron chi connectivity index (χ1n) is 6.47. The Kier molecular flexibility index (Phi) is 4.35. The highest BCUT2D eigenvalue weighted by atomic mass is 19.1. The van der Waals surface area contributed by atoms with E-state index in [2.05, 4.69) is 5.32 Å². The predicted molar refractivity (Wildman–Crippen MR) is 75.5 cm³/mol. The number of hydrogen-bond donors (Lipinski definition) is 2. The van der Waals surface area contributed by atoms with Crippen molar-refractivity contribution in [2.45, 2.75) is 26.0 Å². The molecule has 0 aliphatic heterocycles. The highest BCUT2D eigenvalue weighted by Crippen LogP contribution is 2.27. The van der Waals surface area contributed by atoms with E-state index in [-0.39, 0.29) is 6.04 Å². The molecule has 0 saturated carbocycles. The van der Waals surface area contributed by atoms with Crippen LogP contribution in [0, 0.1) is 11.6 Å². The van der Waals surface area contributed by atoms with E-state index >= 15 is 0 Å². The van der Waals surface area contributed by atoms with Crippen LogP contribution in [0.4, 0.5) is 14.5 Å². The molecule has 0 radical (unpaired) electrons. The van der Waals surface area contributed by atoms with Crippen molar-refractivity contribution in [3.05, 3.63) is 65.2 Å². The van der Waals surface area contributed by atoms with Gasteiger partial charge in [0.05, 0.1) is 12.1 Å². The standard InChI is InChI=1S/C16H17F2NO/c1-10(13-8-7-12(17)9-15(13)18)19-16-6-4-3-5-14(16)11(2)20/h3-11,19-20H,1-2H3. The van der Waals surface area contributed by atoms with Gasteiger partial charge in [0.2, 0.25) is 0 Å². The number of halogens is 2. The van der Waals surface area contributed by atoms with Gasteiger partial charge in [-0.3, -0.25) is 0 Å². The zero-order valence-corrected chi connectivity index (χ0v) is 11.4. The molecule has 2 atom stereocenters. The summed E-state index contributed by atoms with van der Waals surface area (Å²) >= 11 is 0. The maximum absolute atomic E-state index is 13.7. The van der Waals surface area contributed by atoms with Gasteiger partial charge in [-0.2, -0.15) is 0 Å². The van der Waals surface area contributed by atoms with E-state index in [1.807, 2.05) is 18.2 Å². The molecule has 106 valence electrons. The third kappa shape index (κ3) is 3.14. The van der Waals surface area contributed by atoms with E-state index in [0.29, 0.717) is 5.56 Å². The largest absolute Gasteiger partial charge is 0.389 e. The second kappa shape index (κ2) is 6.01. The SMILES string of the molecule is CC(O)c1ccccc1NC(C)c1ccc(F)cc1F. The van der Waals surface area contributed by atoms with Crippen molar-refractivity contribution < 1.29 is 13.9 Å². The summed E-state index contributed by atoms with van der Waals surface area (Å²) in [6.07, 6.45) is -0.621. The van der Waals surface area contributed by atoms with Crippen molar-refractivity contribution in [2.24, 2.45) is 0 Å². The first-order valence-corrected chi connectivity index (χ1v) is 6.47. The third-order valence-corrected chi connectivity index (χ3v) is 3.21. The van der Waals surface area contributed by atoms with Gasteiger partial charge in [-0.15, -0.1) is 0 Å². The molecule has 0 heterocycles.